The third kappa shape index (κ3) is 1.58. The number of aromatic nitrogens is 3. The summed E-state index contributed by atoms with van der Waals surface area (Å²) in [6, 6.07) is 1.54. The van der Waals surface area contributed by atoms with Crippen molar-refractivity contribution in [1.29, 1.82) is 0 Å². The van der Waals surface area contributed by atoms with E-state index in [0.717, 1.165) is 4.52 Å². The largest absolute Gasteiger partial charge is 0.496 e. The molecule has 0 aromatic carbocycles. The number of pyridine rings is 1. The van der Waals surface area contributed by atoms with Gasteiger partial charge in [-0.3, -0.25) is 0 Å². The van der Waals surface area contributed by atoms with Crippen LogP contribution in [0.15, 0.2) is 12.3 Å². The molecule has 0 atom stereocenters. The Morgan fingerprint density at radius 3 is 2.62 bits per heavy atom. The number of alkyl halides is 3. The summed E-state index contributed by atoms with van der Waals surface area (Å²) in [5.74, 6) is -0.669. The van der Waals surface area contributed by atoms with Gasteiger partial charge in [-0.05, 0) is 13.0 Å². The number of hydrogen-bond acceptors (Lipinski definition) is 3. The third-order valence-electron chi connectivity index (χ3n) is 2.18. The first-order chi connectivity index (χ1) is 7.43. The maximum atomic E-state index is 12.4. The molecule has 0 aliphatic heterocycles. The van der Waals surface area contributed by atoms with Crippen molar-refractivity contribution in [3.63, 3.8) is 0 Å². The molecule has 16 heavy (non-hydrogen) atoms. The van der Waals surface area contributed by atoms with Crippen molar-refractivity contribution >= 4 is 5.65 Å². The number of fused-ring (bicyclic) bond motifs is 1. The molecule has 0 aliphatic rings. The lowest BCUT2D eigenvalue weighted by molar-refractivity contribution is -0.144. The zero-order valence-corrected chi connectivity index (χ0v) is 8.54. The first-order valence-corrected chi connectivity index (χ1v) is 4.40. The molecule has 0 fully saturated rings. The normalized spacial score (nSPS) is 12.1. The predicted molar refractivity (Wildman–Crippen MR) is 49.3 cm³/mol. The number of rotatable bonds is 1. The Labute approximate surface area is 88.7 Å². The van der Waals surface area contributed by atoms with Crippen LogP contribution in [0.1, 0.15) is 11.4 Å². The second-order valence-electron chi connectivity index (χ2n) is 3.21. The topological polar surface area (TPSA) is 39.4 Å². The summed E-state index contributed by atoms with van der Waals surface area (Å²) in [7, 11) is 1.44. The van der Waals surface area contributed by atoms with E-state index in [1.807, 2.05) is 0 Å². The van der Waals surface area contributed by atoms with Gasteiger partial charge in [-0.25, -0.2) is 9.50 Å². The smallest absolute Gasteiger partial charge is 0.453 e. The average Bonchev–Trinajstić information content (AvgIpc) is 2.62. The quantitative estimate of drug-likeness (QED) is 0.754. The van der Waals surface area contributed by atoms with Crippen molar-refractivity contribution in [1.82, 2.24) is 14.6 Å². The van der Waals surface area contributed by atoms with Crippen LogP contribution in [0.3, 0.4) is 0 Å². The van der Waals surface area contributed by atoms with Gasteiger partial charge in [-0.2, -0.15) is 13.2 Å². The van der Waals surface area contributed by atoms with Crippen LogP contribution in [0.4, 0.5) is 13.2 Å². The molecular weight excluding hydrogens is 223 g/mol. The number of methoxy groups -OCH3 is 1. The summed E-state index contributed by atoms with van der Waals surface area (Å²) in [4.78, 5) is 3.44. The van der Waals surface area contributed by atoms with Gasteiger partial charge in [0.05, 0.1) is 7.11 Å². The molecule has 7 heteroatoms. The van der Waals surface area contributed by atoms with Crippen molar-refractivity contribution < 1.29 is 17.9 Å². The van der Waals surface area contributed by atoms with Gasteiger partial charge in [-0.15, -0.1) is 5.10 Å². The monoisotopic (exact) mass is 231 g/mol. The van der Waals surface area contributed by atoms with Crippen LogP contribution >= 0.6 is 0 Å². The number of halogens is 3. The van der Waals surface area contributed by atoms with Gasteiger partial charge in [0.1, 0.15) is 5.75 Å². The van der Waals surface area contributed by atoms with E-state index in [1.54, 1.807) is 6.92 Å². The van der Waals surface area contributed by atoms with Gasteiger partial charge in [0.2, 0.25) is 0 Å². The molecule has 2 rings (SSSR count). The first-order valence-electron chi connectivity index (χ1n) is 4.40. The minimum atomic E-state index is -4.54. The molecule has 0 saturated heterocycles. The molecule has 86 valence electrons. The van der Waals surface area contributed by atoms with Crippen molar-refractivity contribution in [2.45, 2.75) is 13.1 Å². The Morgan fingerprint density at radius 2 is 2.06 bits per heavy atom. The second-order valence-corrected chi connectivity index (χ2v) is 3.21. The summed E-state index contributed by atoms with van der Waals surface area (Å²) < 4.78 is 43.2. The van der Waals surface area contributed by atoms with Crippen LogP contribution < -0.4 is 4.74 Å². The predicted octanol–water partition coefficient (Wildman–Crippen LogP) is 2.07. The van der Waals surface area contributed by atoms with Crippen LogP contribution in [0.25, 0.3) is 5.65 Å². The van der Waals surface area contributed by atoms with Gasteiger partial charge in [0.25, 0.3) is 5.82 Å². The molecule has 0 saturated carbocycles. The van der Waals surface area contributed by atoms with Crippen LogP contribution in [-0.4, -0.2) is 21.7 Å². The van der Waals surface area contributed by atoms with E-state index >= 15 is 0 Å². The third-order valence-corrected chi connectivity index (χ3v) is 2.18. The Balaban J connectivity index is 2.67. The lowest BCUT2D eigenvalue weighted by Gasteiger charge is -2.03. The van der Waals surface area contributed by atoms with Gasteiger partial charge >= 0.3 is 6.18 Å². The molecule has 0 aliphatic carbocycles. The minimum Gasteiger partial charge on any atom is -0.496 e. The highest BCUT2D eigenvalue weighted by atomic mass is 19.4. The lowest BCUT2D eigenvalue weighted by Crippen LogP contribution is -2.07. The van der Waals surface area contributed by atoms with E-state index in [2.05, 4.69) is 10.1 Å². The summed E-state index contributed by atoms with van der Waals surface area (Å²) in [6.07, 6.45) is -3.16. The van der Waals surface area contributed by atoms with E-state index in [1.165, 1.54) is 19.4 Å². The Kier molecular flexibility index (Phi) is 2.25. The van der Waals surface area contributed by atoms with Crippen LogP contribution in [0.5, 0.6) is 5.75 Å². The average molecular weight is 231 g/mol. The molecule has 2 aromatic rings. The fraction of sp³-hybridized carbons (Fsp3) is 0.333. The number of hydrogen-bond donors (Lipinski definition) is 0. The SMILES string of the molecule is COc1ccn2nc(C(F)(F)F)nc2c1C. The zero-order valence-electron chi connectivity index (χ0n) is 8.54. The molecule has 0 radical (unpaired) electrons. The minimum absolute atomic E-state index is 0.145. The molecular formula is C9H8F3N3O. The van der Waals surface area contributed by atoms with E-state index < -0.39 is 12.0 Å². The van der Waals surface area contributed by atoms with Gasteiger partial charge in [-0.1, -0.05) is 0 Å². The fourth-order valence-corrected chi connectivity index (χ4v) is 1.40. The van der Waals surface area contributed by atoms with Crippen LogP contribution in [0.2, 0.25) is 0 Å². The van der Waals surface area contributed by atoms with E-state index in [9.17, 15) is 13.2 Å². The highest BCUT2D eigenvalue weighted by molar-refractivity contribution is 5.53. The summed E-state index contributed by atoms with van der Waals surface area (Å²) in [6.45, 7) is 1.63. The van der Waals surface area contributed by atoms with Gasteiger partial charge in [0.15, 0.2) is 5.65 Å². The highest BCUT2D eigenvalue weighted by Gasteiger charge is 2.36. The van der Waals surface area contributed by atoms with Crippen LogP contribution in [-0.2, 0) is 6.18 Å². The zero-order chi connectivity index (χ0) is 11.9. The van der Waals surface area contributed by atoms with Crippen molar-refractivity contribution in [3.8, 4) is 5.75 Å². The maximum absolute atomic E-state index is 12.4. The fourth-order valence-electron chi connectivity index (χ4n) is 1.40. The summed E-state index contributed by atoms with van der Waals surface area (Å²) in [5, 5.41) is 3.35. The number of nitrogens with zero attached hydrogens (tertiary/aromatic N) is 3. The van der Waals surface area contributed by atoms with E-state index in [4.69, 9.17) is 4.74 Å². The Bertz CT molecular complexity index is 533. The van der Waals surface area contributed by atoms with Crippen LogP contribution in [0, 0.1) is 6.92 Å². The number of ether oxygens (including phenoxy) is 1. The van der Waals surface area contributed by atoms with E-state index in [-0.39, 0.29) is 5.65 Å². The standard InChI is InChI=1S/C9H8F3N3O/c1-5-6(16-2)3-4-15-7(5)13-8(14-15)9(10,11)12/h3-4H,1-2H3. The molecule has 4 nitrogen and oxygen atoms in total. The molecule has 0 amide bonds. The molecule has 0 spiro atoms. The molecule has 0 unspecified atom stereocenters. The molecule has 0 bridgehead atoms. The lowest BCUT2D eigenvalue weighted by atomic mass is 10.3. The second kappa shape index (κ2) is 3.36. The van der Waals surface area contributed by atoms with Crippen molar-refractivity contribution in [2.75, 3.05) is 7.11 Å². The van der Waals surface area contributed by atoms with Gasteiger partial charge < -0.3 is 4.74 Å². The van der Waals surface area contributed by atoms with Crippen molar-refractivity contribution in [3.05, 3.63) is 23.7 Å². The molecule has 2 heterocycles. The highest BCUT2D eigenvalue weighted by Crippen LogP contribution is 2.28. The van der Waals surface area contributed by atoms with Crippen molar-refractivity contribution in [2.24, 2.45) is 0 Å². The summed E-state index contributed by atoms with van der Waals surface area (Å²) >= 11 is 0. The summed E-state index contributed by atoms with van der Waals surface area (Å²) in [5.41, 5.74) is 0.666. The number of aryl methyl sites for hydroxylation is 1. The Hall–Kier alpha value is -1.79. The van der Waals surface area contributed by atoms with Gasteiger partial charge in [0, 0.05) is 11.8 Å². The Morgan fingerprint density at radius 1 is 1.38 bits per heavy atom. The first kappa shape index (κ1) is 10.7. The van der Waals surface area contributed by atoms with E-state index in [0.29, 0.717) is 11.3 Å². The molecule has 0 N–H and O–H groups in total. The molecule has 2 aromatic heterocycles. The maximum Gasteiger partial charge on any atom is 0.453 e.